The third-order valence-electron chi connectivity index (χ3n) is 3.77. The molecule has 7 heteroatoms. The number of carbonyl (C=O) groups is 2. The standard InChI is InChI=1S/C16H23NO6/c1-11-4-3-7-17(9-11)14-6-5-12(23-14)10-22-15(19)8-13(18)16(20)21-2/h3,7,9,12-14,18H,4-6,8,10H2,1-2H3. The van der Waals surface area contributed by atoms with Crippen molar-refractivity contribution in [2.75, 3.05) is 13.7 Å². The van der Waals surface area contributed by atoms with Crippen molar-refractivity contribution in [1.82, 2.24) is 4.90 Å². The number of methoxy groups -OCH3 is 1. The van der Waals surface area contributed by atoms with Gasteiger partial charge >= 0.3 is 11.9 Å². The van der Waals surface area contributed by atoms with Crippen molar-refractivity contribution in [3.63, 3.8) is 0 Å². The van der Waals surface area contributed by atoms with E-state index in [-0.39, 0.29) is 18.9 Å². The summed E-state index contributed by atoms with van der Waals surface area (Å²) in [7, 11) is 1.15. The maximum absolute atomic E-state index is 11.6. The molecule has 7 nitrogen and oxygen atoms in total. The summed E-state index contributed by atoms with van der Waals surface area (Å²) in [6, 6.07) is 0. The van der Waals surface area contributed by atoms with Gasteiger partial charge in [0.2, 0.25) is 0 Å². The largest absolute Gasteiger partial charge is 0.467 e. The molecule has 2 aliphatic rings. The van der Waals surface area contributed by atoms with E-state index in [2.05, 4.69) is 23.9 Å². The van der Waals surface area contributed by atoms with Gasteiger partial charge < -0.3 is 24.2 Å². The maximum atomic E-state index is 11.6. The van der Waals surface area contributed by atoms with Crippen LogP contribution in [-0.2, 0) is 23.8 Å². The van der Waals surface area contributed by atoms with Crippen molar-refractivity contribution in [1.29, 1.82) is 0 Å². The number of carbonyl (C=O) groups excluding carboxylic acids is 2. The van der Waals surface area contributed by atoms with Crippen molar-refractivity contribution < 1.29 is 28.9 Å². The normalized spacial score (nSPS) is 25.0. The highest BCUT2D eigenvalue weighted by Gasteiger charge is 2.30. The summed E-state index contributed by atoms with van der Waals surface area (Å²) in [6.45, 7) is 2.18. The van der Waals surface area contributed by atoms with Gasteiger partial charge in [-0.3, -0.25) is 4.79 Å². The van der Waals surface area contributed by atoms with Crippen LogP contribution in [0, 0.1) is 0 Å². The summed E-state index contributed by atoms with van der Waals surface area (Å²) in [6.07, 6.45) is 6.60. The predicted octanol–water partition coefficient (Wildman–Crippen LogP) is 1.08. The second-order valence-electron chi connectivity index (χ2n) is 5.73. The van der Waals surface area contributed by atoms with Gasteiger partial charge in [-0.05, 0) is 26.2 Å². The third kappa shape index (κ3) is 5.07. The molecule has 0 aromatic carbocycles. The average Bonchev–Trinajstić information content (AvgIpc) is 3.01. The van der Waals surface area contributed by atoms with E-state index in [1.54, 1.807) is 0 Å². The number of aliphatic hydroxyl groups excluding tert-OH is 1. The lowest BCUT2D eigenvalue weighted by Crippen LogP contribution is -2.30. The maximum Gasteiger partial charge on any atom is 0.335 e. The Hall–Kier alpha value is -1.86. The fraction of sp³-hybridized carbons (Fsp3) is 0.625. The molecule has 3 atom stereocenters. The minimum Gasteiger partial charge on any atom is -0.467 e. The lowest BCUT2D eigenvalue weighted by atomic mass is 10.2. The van der Waals surface area contributed by atoms with Gasteiger partial charge in [-0.1, -0.05) is 11.6 Å². The minimum atomic E-state index is -1.49. The number of allylic oxidation sites excluding steroid dienone is 2. The number of hydrogen-bond acceptors (Lipinski definition) is 7. The van der Waals surface area contributed by atoms with Gasteiger partial charge in [-0.15, -0.1) is 0 Å². The van der Waals surface area contributed by atoms with Gasteiger partial charge in [-0.25, -0.2) is 4.79 Å². The molecule has 0 bridgehead atoms. The zero-order chi connectivity index (χ0) is 16.8. The third-order valence-corrected chi connectivity index (χ3v) is 3.77. The predicted molar refractivity (Wildman–Crippen MR) is 80.8 cm³/mol. The number of hydrogen-bond donors (Lipinski definition) is 1. The Morgan fingerprint density at radius 3 is 2.96 bits per heavy atom. The summed E-state index contributed by atoms with van der Waals surface area (Å²) in [5, 5.41) is 9.39. The number of rotatable bonds is 6. The van der Waals surface area contributed by atoms with Crippen molar-refractivity contribution >= 4 is 11.9 Å². The van der Waals surface area contributed by atoms with Gasteiger partial charge in [0.1, 0.15) is 12.8 Å². The highest BCUT2D eigenvalue weighted by atomic mass is 16.6. The first-order valence-corrected chi connectivity index (χ1v) is 7.68. The molecule has 0 aliphatic carbocycles. The molecule has 2 heterocycles. The molecule has 0 amide bonds. The van der Waals surface area contributed by atoms with E-state index in [1.165, 1.54) is 5.57 Å². The summed E-state index contributed by atoms with van der Waals surface area (Å²) in [5.41, 5.74) is 1.27. The van der Waals surface area contributed by atoms with Crippen LogP contribution in [0.2, 0.25) is 0 Å². The summed E-state index contributed by atoms with van der Waals surface area (Å²) in [4.78, 5) is 24.6. The Morgan fingerprint density at radius 2 is 2.26 bits per heavy atom. The molecule has 23 heavy (non-hydrogen) atoms. The monoisotopic (exact) mass is 325 g/mol. The van der Waals surface area contributed by atoms with Gasteiger partial charge in [0.15, 0.2) is 6.10 Å². The van der Waals surface area contributed by atoms with E-state index in [0.29, 0.717) is 0 Å². The molecular weight excluding hydrogens is 302 g/mol. The molecule has 128 valence electrons. The molecule has 2 aliphatic heterocycles. The highest BCUT2D eigenvalue weighted by Crippen LogP contribution is 2.26. The second kappa shape index (κ2) is 8.12. The Labute approximate surface area is 135 Å². The molecule has 1 fully saturated rings. The van der Waals surface area contributed by atoms with Gasteiger partial charge in [0.25, 0.3) is 0 Å². The lowest BCUT2D eigenvalue weighted by molar-refractivity contribution is -0.160. The molecule has 1 saturated heterocycles. The van der Waals surface area contributed by atoms with Crippen molar-refractivity contribution in [3.05, 3.63) is 24.0 Å². The fourth-order valence-corrected chi connectivity index (χ4v) is 2.54. The zero-order valence-electron chi connectivity index (χ0n) is 13.4. The SMILES string of the molecule is COC(=O)C(O)CC(=O)OCC1CCC(N2C=CCC(C)=C2)O1. The minimum absolute atomic E-state index is 0.0501. The quantitative estimate of drug-likeness (QED) is 0.731. The van der Waals surface area contributed by atoms with E-state index in [4.69, 9.17) is 9.47 Å². The van der Waals surface area contributed by atoms with Crippen LogP contribution in [0.4, 0.5) is 0 Å². The molecule has 0 radical (unpaired) electrons. The van der Waals surface area contributed by atoms with E-state index in [0.717, 1.165) is 26.4 Å². The Balaban J connectivity index is 1.71. The van der Waals surface area contributed by atoms with Crippen molar-refractivity contribution in [2.24, 2.45) is 0 Å². The van der Waals surface area contributed by atoms with Crippen LogP contribution in [0.3, 0.4) is 0 Å². The second-order valence-corrected chi connectivity index (χ2v) is 5.73. The van der Waals surface area contributed by atoms with E-state index in [1.807, 2.05) is 11.1 Å². The average molecular weight is 325 g/mol. The van der Waals surface area contributed by atoms with Crippen molar-refractivity contribution in [2.45, 2.75) is 51.0 Å². The number of ether oxygens (including phenoxy) is 3. The lowest BCUT2D eigenvalue weighted by Gasteiger charge is -2.27. The summed E-state index contributed by atoms with van der Waals surface area (Å²) >= 11 is 0. The molecule has 0 saturated carbocycles. The van der Waals surface area contributed by atoms with E-state index >= 15 is 0 Å². The first-order valence-electron chi connectivity index (χ1n) is 7.68. The number of nitrogens with zero attached hydrogens (tertiary/aromatic N) is 1. The molecule has 3 unspecified atom stereocenters. The van der Waals surface area contributed by atoms with Crippen LogP contribution in [0.1, 0.15) is 32.6 Å². The molecule has 1 N–H and O–H groups in total. The molecule has 0 aromatic heterocycles. The van der Waals surface area contributed by atoms with Crippen LogP contribution >= 0.6 is 0 Å². The smallest absolute Gasteiger partial charge is 0.335 e. The van der Waals surface area contributed by atoms with Gasteiger partial charge in [0, 0.05) is 12.4 Å². The highest BCUT2D eigenvalue weighted by molar-refractivity contribution is 5.81. The van der Waals surface area contributed by atoms with E-state index < -0.39 is 24.5 Å². The Morgan fingerprint density at radius 1 is 1.48 bits per heavy atom. The number of aliphatic hydroxyl groups is 1. The van der Waals surface area contributed by atoms with Gasteiger partial charge in [-0.2, -0.15) is 0 Å². The fourth-order valence-electron chi connectivity index (χ4n) is 2.54. The Kier molecular flexibility index (Phi) is 6.18. The van der Waals surface area contributed by atoms with Crippen LogP contribution in [0.5, 0.6) is 0 Å². The molecule has 2 rings (SSSR count). The molecule has 0 aromatic rings. The van der Waals surface area contributed by atoms with Crippen LogP contribution in [-0.4, -0.2) is 54.1 Å². The summed E-state index contributed by atoms with van der Waals surface area (Å²) < 4.78 is 15.3. The van der Waals surface area contributed by atoms with Crippen LogP contribution in [0.15, 0.2) is 24.0 Å². The zero-order valence-corrected chi connectivity index (χ0v) is 13.4. The molecular formula is C16H23NO6. The summed E-state index contributed by atoms with van der Waals surface area (Å²) in [5.74, 6) is -1.50. The topological polar surface area (TPSA) is 85.3 Å². The van der Waals surface area contributed by atoms with Crippen LogP contribution in [0.25, 0.3) is 0 Å². The van der Waals surface area contributed by atoms with Gasteiger partial charge in [0.05, 0.1) is 19.6 Å². The number of esters is 2. The first kappa shape index (κ1) is 17.5. The Bertz CT molecular complexity index is 501. The molecule has 0 spiro atoms. The first-order chi connectivity index (χ1) is 11.0. The van der Waals surface area contributed by atoms with Crippen LogP contribution < -0.4 is 0 Å². The van der Waals surface area contributed by atoms with Crippen molar-refractivity contribution in [3.8, 4) is 0 Å². The van der Waals surface area contributed by atoms with E-state index in [9.17, 15) is 14.7 Å².